The third kappa shape index (κ3) is 6.90. The SMILES string of the molecule is Clc1ccc(C(OCCn2ccnc2)c2ccccc2)c(Cl)c1.O=[N+]([O-])O. The summed E-state index contributed by atoms with van der Waals surface area (Å²) in [4.78, 5) is 12.4. The van der Waals surface area contributed by atoms with Crippen LogP contribution in [0.25, 0.3) is 0 Å². The second-order valence-corrected chi connectivity index (χ2v) is 6.21. The largest absolute Gasteiger partial charge is 0.367 e. The highest BCUT2D eigenvalue weighted by Gasteiger charge is 2.18. The fourth-order valence-electron chi connectivity index (χ4n) is 2.40. The second kappa shape index (κ2) is 10.5. The lowest BCUT2D eigenvalue weighted by atomic mass is 10.0. The molecule has 3 aromatic rings. The van der Waals surface area contributed by atoms with Gasteiger partial charge < -0.3 is 14.5 Å². The lowest BCUT2D eigenvalue weighted by molar-refractivity contribution is -0.742. The van der Waals surface area contributed by atoms with Gasteiger partial charge in [0, 0.05) is 34.5 Å². The maximum absolute atomic E-state index is 8.36. The molecular formula is C18H17Cl2N3O4. The molecule has 0 aliphatic rings. The first-order chi connectivity index (χ1) is 13.0. The number of rotatable bonds is 6. The van der Waals surface area contributed by atoms with Crippen molar-refractivity contribution in [3.63, 3.8) is 0 Å². The predicted octanol–water partition coefficient (Wildman–Crippen LogP) is 4.65. The van der Waals surface area contributed by atoms with Crippen molar-refractivity contribution < 1.29 is 15.0 Å². The van der Waals surface area contributed by atoms with E-state index in [-0.39, 0.29) is 6.10 Å². The van der Waals surface area contributed by atoms with E-state index in [1.807, 2.05) is 53.2 Å². The Kier molecular flexibility index (Phi) is 8.06. The molecule has 0 aliphatic heterocycles. The molecule has 1 atom stereocenters. The topological polar surface area (TPSA) is 90.4 Å². The first-order valence-electron chi connectivity index (χ1n) is 7.88. The number of aromatic nitrogens is 2. The van der Waals surface area contributed by atoms with Gasteiger partial charge in [-0.2, -0.15) is 0 Å². The van der Waals surface area contributed by atoms with Gasteiger partial charge >= 0.3 is 0 Å². The summed E-state index contributed by atoms with van der Waals surface area (Å²) in [7, 11) is 0. The quantitative estimate of drug-likeness (QED) is 0.472. The normalized spacial score (nSPS) is 11.3. The summed E-state index contributed by atoms with van der Waals surface area (Å²) in [5, 5.41) is 14.9. The maximum atomic E-state index is 8.36. The van der Waals surface area contributed by atoms with E-state index in [2.05, 4.69) is 4.98 Å². The van der Waals surface area contributed by atoms with Crippen LogP contribution in [0, 0.1) is 10.1 Å². The monoisotopic (exact) mass is 409 g/mol. The summed E-state index contributed by atoms with van der Waals surface area (Å²) >= 11 is 12.4. The van der Waals surface area contributed by atoms with E-state index in [0.29, 0.717) is 16.7 Å². The van der Waals surface area contributed by atoms with Crippen molar-refractivity contribution in [3.8, 4) is 0 Å². The first-order valence-corrected chi connectivity index (χ1v) is 8.63. The fraction of sp³-hybridized carbons (Fsp3) is 0.167. The lowest BCUT2D eigenvalue weighted by Crippen LogP contribution is -2.11. The van der Waals surface area contributed by atoms with Crippen molar-refractivity contribution in [2.75, 3.05) is 6.61 Å². The van der Waals surface area contributed by atoms with E-state index >= 15 is 0 Å². The molecule has 0 radical (unpaired) electrons. The van der Waals surface area contributed by atoms with Crippen LogP contribution in [0.15, 0.2) is 67.3 Å². The minimum absolute atomic E-state index is 0.232. The van der Waals surface area contributed by atoms with Gasteiger partial charge in [-0.15, -0.1) is 10.1 Å². The number of imidazole rings is 1. The molecule has 1 heterocycles. The highest BCUT2D eigenvalue weighted by molar-refractivity contribution is 6.35. The third-order valence-corrected chi connectivity index (χ3v) is 4.10. The second-order valence-electron chi connectivity index (χ2n) is 5.37. The summed E-state index contributed by atoms with van der Waals surface area (Å²) in [6.07, 6.45) is 5.21. The number of nitrogens with zero attached hydrogens (tertiary/aromatic N) is 3. The van der Waals surface area contributed by atoms with E-state index in [4.69, 9.17) is 43.3 Å². The molecule has 142 valence electrons. The molecule has 0 saturated carbocycles. The van der Waals surface area contributed by atoms with Crippen molar-refractivity contribution in [1.29, 1.82) is 0 Å². The van der Waals surface area contributed by atoms with Crippen molar-refractivity contribution in [2.45, 2.75) is 12.6 Å². The van der Waals surface area contributed by atoms with E-state index in [1.54, 1.807) is 18.6 Å². The third-order valence-electron chi connectivity index (χ3n) is 3.54. The maximum Gasteiger partial charge on any atom is 0.291 e. The van der Waals surface area contributed by atoms with E-state index in [0.717, 1.165) is 17.7 Å². The molecule has 0 saturated heterocycles. The van der Waals surface area contributed by atoms with Crippen LogP contribution in [0.5, 0.6) is 0 Å². The van der Waals surface area contributed by atoms with Crippen LogP contribution in [0.2, 0.25) is 10.0 Å². The van der Waals surface area contributed by atoms with Crippen molar-refractivity contribution in [3.05, 3.63) is 98.5 Å². The molecule has 0 aliphatic carbocycles. The molecule has 9 heteroatoms. The van der Waals surface area contributed by atoms with Gasteiger partial charge in [0.25, 0.3) is 5.09 Å². The summed E-state index contributed by atoms with van der Waals surface area (Å²) in [5.74, 6) is 0. The Morgan fingerprint density at radius 3 is 2.52 bits per heavy atom. The molecule has 1 aromatic heterocycles. The predicted molar refractivity (Wildman–Crippen MR) is 102 cm³/mol. The van der Waals surface area contributed by atoms with Gasteiger partial charge in [-0.25, -0.2) is 4.98 Å². The molecule has 7 nitrogen and oxygen atoms in total. The van der Waals surface area contributed by atoms with Gasteiger partial charge in [-0.3, -0.25) is 0 Å². The molecular weight excluding hydrogens is 393 g/mol. The molecule has 1 N–H and O–H groups in total. The first kappa shape index (κ1) is 20.7. The van der Waals surface area contributed by atoms with Crippen molar-refractivity contribution >= 4 is 23.2 Å². The van der Waals surface area contributed by atoms with Crippen LogP contribution in [-0.4, -0.2) is 26.5 Å². The Bertz CT molecular complexity index is 841. The molecule has 0 fully saturated rings. The highest BCUT2D eigenvalue weighted by Crippen LogP contribution is 2.33. The lowest BCUT2D eigenvalue weighted by Gasteiger charge is -2.20. The number of hydrogen-bond donors (Lipinski definition) is 1. The van der Waals surface area contributed by atoms with Gasteiger partial charge in [0.15, 0.2) is 0 Å². The summed E-state index contributed by atoms with van der Waals surface area (Å²) in [5.41, 5.74) is 1.97. The molecule has 3 rings (SSSR count). The molecule has 27 heavy (non-hydrogen) atoms. The standard InChI is InChI=1S/C18H16Cl2N2O.HNO3/c19-15-6-7-16(17(20)12-15)18(14-4-2-1-3-5-14)23-11-10-22-9-8-21-13-22;2-1(3)4/h1-9,12-13,18H,10-11H2;(H,2,3,4). The molecule has 0 spiro atoms. The molecule has 1 unspecified atom stereocenters. The highest BCUT2D eigenvalue weighted by atomic mass is 35.5. The van der Waals surface area contributed by atoms with Crippen LogP contribution < -0.4 is 0 Å². The van der Waals surface area contributed by atoms with Crippen LogP contribution in [0.4, 0.5) is 0 Å². The van der Waals surface area contributed by atoms with Gasteiger partial charge in [-0.05, 0) is 17.7 Å². The van der Waals surface area contributed by atoms with E-state index < -0.39 is 5.09 Å². The molecule has 2 aromatic carbocycles. The zero-order chi connectivity index (χ0) is 19.6. The molecule has 0 amide bonds. The fourth-order valence-corrected chi connectivity index (χ4v) is 2.91. The number of ether oxygens (including phenoxy) is 1. The van der Waals surface area contributed by atoms with E-state index in [9.17, 15) is 0 Å². The van der Waals surface area contributed by atoms with Crippen molar-refractivity contribution in [2.24, 2.45) is 0 Å². The Labute approximate surface area is 165 Å². The Morgan fingerprint density at radius 2 is 1.93 bits per heavy atom. The average Bonchev–Trinajstić information content (AvgIpc) is 3.13. The minimum atomic E-state index is -1.50. The Hall–Kier alpha value is -2.61. The number of halogens is 2. The van der Waals surface area contributed by atoms with Crippen LogP contribution in [-0.2, 0) is 11.3 Å². The Balaban J connectivity index is 0.000000596. The van der Waals surface area contributed by atoms with Gasteiger partial charge in [-0.1, -0.05) is 59.6 Å². The van der Waals surface area contributed by atoms with Crippen LogP contribution >= 0.6 is 23.2 Å². The van der Waals surface area contributed by atoms with Gasteiger partial charge in [0.2, 0.25) is 0 Å². The van der Waals surface area contributed by atoms with Crippen LogP contribution in [0.1, 0.15) is 17.2 Å². The number of benzene rings is 2. The average molecular weight is 410 g/mol. The minimum Gasteiger partial charge on any atom is -0.367 e. The molecule has 0 bridgehead atoms. The van der Waals surface area contributed by atoms with Crippen molar-refractivity contribution in [1.82, 2.24) is 9.55 Å². The number of hydrogen-bond acceptors (Lipinski definition) is 4. The summed E-state index contributed by atoms with van der Waals surface area (Å²) in [6, 6.07) is 15.5. The zero-order valence-corrected chi connectivity index (χ0v) is 15.6. The van der Waals surface area contributed by atoms with E-state index in [1.165, 1.54) is 0 Å². The summed E-state index contributed by atoms with van der Waals surface area (Å²) in [6.45, 7) is 1.28. The smallest absolute Gasteiger partial charge is 0.291 e. The zero-order valence-electron chi connectivity index (χ0n) is 14.1. The van der Waals surface area contributed by atoms with Gasteiger partial charge in [0.1, 0.15) is 6.10 Å². The Morgan fingerprint density at radius 1 is 1.22 bits per heavy atom. The summed E-state index contributed by atoms with van der Waals surface area (Å²) < 4.78 is 8.11. The van der Waals surface area contributed by atoms with Gasteiger partial charge in [0.05, 0.1) is 12.9 Å². The van der Waals surface area contributed by atoms with Crippen LogP contribution in [0.3, 0.4) is 0 Å².